The van der Waals surface area contributed by atoms with E-state index in [1.54, 1.807) is 45.0 Å². The highest BCUT2D eigenvalue weighted by molar-refractivity contribution is 7.89. The molecule has 0 aliphatic rings. The normalized spacial score (nSPS) is 12.6. The van der Waals surface area contributed by atoms with Crippen molar-refractivity contribution >= 4 is 27.6 Å². The number of sulfonamides is 1. The van der Waals surface area contributed by atoms with E-state index in [9.17, 15) is 18.0 Å². The lowest BCUT2D eigenvalue weighted by atomic mass is 10.0. The molecule has 0 heterocycles. The topological polar surface area (TPSA) is 113 Å². The molecule has 2 rings (SSSR count). The van der Waals surface area contributed by atoms with Crippen LogP contribution in [0.3, 0.4) is 0 Å². The summed E-state index contributed by atoms with van der Waals surface area (Å²) in [6, 6.07) is 11.9. The van der Waals surface area contributed by atoms with Gasteiger partial charge in [0.1, 0.15) is 0 Å². The maximum Gasteiger partial charge on any atom is 0.310 e. The molecular formula is C19H22N2O5S. The standard InChI is InChI=1S/C19H22N2O5S/c1-12(2)21-27(25,26)17-10-6-15(7-11-17)18(22)20-16-8-4-14(5-9-16)13(3)19(23)24/h4-13,21H,1-3H3,(H,20,22)(H,23,24). The van der Waals surface area contributed by atoms with Crippen molar-refractivity contribution < 1.29 is 23.1 Å². The average molecular weight is 390 g/mol. The number of benzene rings is 2. The monoisotopic (exact) mass is 390 g/mol. The SMILES string of the molecule is CC(C)NS(=O)(=O)c1ccc(C(=O)Nc2ccc(C(C)C(=O)O)cc2)cc1. The molecule has 1 amide bonds. The minimum atomic E-state index is -3.61. The maximum absolute atomic E-state index is 12.3. The molecule has 0 saturated carbocycles. The molecule has 144 valence electrons. The van der Waals surface area contributed by atoms with Crippen LogP contribution in [-0.2, 0) is 14.8 Å². The molecule has 0 aliphatic heterocycles. The number of carbonyl (C=O) groups excluding carboxylic acids is 1. The third kappa shape index (κ3) is 5.38. The number of hydrogen-bond donors (Lipinski definition) is 3. The Bertz CT molecular complexity index is 920. The van der Waals surface area contributed by atoms with Gasteiger partial charge in [-0.25, -0.2) is 13.1 Å². The van der Waals surface area contributed by atoms with Crippen LogP contribution >= 0.6 is 0 Å². The molecule has 1 atom stereocenters. The zero-order chi connectivity index (χ0) is 20.2. The van der Waals surface area contributed by atoms with E-state index in [1.165, 1.54) is 24.3 Å². The summed E-state index contributed by atoms with van der Waals surface area (Å²) in [5.74, 6) is -1.95. The van der Waals surface area contributed by atoms with Gasteiger partial charge in [0.15, 0.2) is 0 Å². The molecule has 2 aromatic rings. The van der Waals surface area contributed by atoms with Crippen LogP contribution in [0.25, 0.3) is 0 Å². The number of hydrogen-bond acceptors (Lipinski definition) is 4. The first kappa shape index (κ1) is 20.6. The fraction of sp³-hybridized carbons (Fsp3) is 0.263. The Hall–Kier alpha value is -2.71. The van der Waals surface area contributed by atoms with Crippen LogP contribution in [0, 0.1) is 0 Å². The van der Waals surface area contributed by atoms with Gasteiger partial charge in [0, 0.05) is 17.3 Å². The number of aliphatic carboxylic acids is 1. The molecule has 0 saturated heterocycles. The highest BCUT2D eigenvalue weighted by atomic mass is 32.2. The molecule has 0 bridgehead atoms. The van der Waals surface area contributed by atoms with Crippen molar-refractivity contribution in [3.05, 3.63) is 59.7 Å². The van der Waals surface area contributed by atoms with Gasteiger partial charge in [0.25, 0.3) is 5.91 Å². The van der Waals surface area contributed by atoms with Crippen LogP contribution in [0.4, 0.5) is 5.69 Å². The molecule has 0 fully saturated rings. The second kappa shape index (κ2) is 8.32. The lowest BCUT2D eigenvalue weighted by Gasteiger charge is -2.11. The van der Waals surface area contributed by atoms with Gasteiger partial charge in [-0.1, -0.05) is 12.1 Å². The second-order valence-electron chi connectivity index (χ2n) is 6.44. The van der Waals surface area contributed by atoms with Gasteiger partial charge in [0.05, 0.1) is 10.8 Å². The van der Waals surface area contributed by atoms with Crippen LogP contribution in [0.1, 0.15) is 42.6 Å². The molecule has 0 spiro atoms. The summed E-state index contributed by atoms with van der Waals surface area (Å²) in [7, 11) is -3.61. The van der Waals surface area contributed by atoms with Gasteiger partial charge in [0.2, 0.25) is 10.0 Å². The molecule has 0 radical (unpaired) electrons. The smallest absolute Gasteiger partial charge is 0.310 e. The maximum atomic E-state index is 12.3. The number of rotatable bonds is 7. The molecule has 0 aromatic heterocycles. The summed E-state index contributed by atoms with van der Waals surface area (Å²) in [5, 5.41) is 11.7. The summed E-state index contributed by atoms with van der Waals surface area (Å²) < 4.78 is 26.7. The van der Waals surface area contributed by atoms with E-state index in [2.05, 4.69) is 10.0 Å². The van der Waals surface area contributed by atoms with Crippen molar-refractivity contribution in [1.82, 2.24) is 4.72 Å². The molecule has 7 nitrogen and oxygen atoms in total. The first-order valence-electron chi connectivity index (χ1n) is 8.36. The van der Waals surface area contributed by atoms with Crippen molar-refractivity contribution in [2.24, 2.45) is 0 Å². The minimum absolute atomic E-state index is 0.0831. The number of amides is 1. The van der Waals surface area contributed by atoms with E-state index in [1.807, 2.05) is 0 Å². The molecular weight excluding hydrogens is 368 g/mol. The molecule has 8 heteroatoms. The van der Waals surface area contributed by atoms with Gasteiger partial charge < -0.3 is 10.4 Å². The first-order valence-corrected chi connectivity index (χ1v) is 9.85. The average Bonchev–Trinajstić information content (AvgIpc) is 2.60. The van der Waals surface area contributed by atoms with E-state index in [0.29, 0.717) is 16.8 Å². The van der Waals surface area contributed by atoms with Crippen LogP contribution in [0.2, 0.25) is 0 Å². The number of nitrogens with one attached hydrogen (secondary N) is 2. The van der Waals surface area contributed by atoms with E-state index >= 15 is 0 Å². The summed E-state index contributed by atoms with van der Waals surface area (Å²) in [6.45, 7) is 5.03. The van der Waals surface area contributed by atoms with E-state index in [4.69, 9.17) is 5.11 Å². The Balaban J connectivity index is 2.09. The molecule has 0 aliphatic carbocycles. The largest absolute Gasteiger partial charge is 0.481 e. The van der Waals surface area contributed by atoms with E-state index < -0.39 is 27.8 Å². The van der Waals surface area contributed by atoms with Crippen molar-refractivity contribution in [3.8, 4) is 0 Å². The minimum Gasteiger partial charge on any atom is -0.481 e. The molecule has 1 unspecified atom stereocenters. The van der Waals surface area contributed by atoms with Gasteiger partial charge >= 0.3 is 5.97 Å². The molecule has 27 heavy (non-hydrogen) atoms. The van der Waals surface area contributed by atoms with Crippen LogP contribution < -0.4 is 10.0 Å². The van der Waals surface area contributed by atoms with Crippen LogP contribution in [0.5, 0.6) is 0 Å². The Morgan fingerprint density at radius 1 is 0.926 bits per heavy atom. The summed E-state index contributed by atoms with van der Waals surface area (Å²) >= 11 is 0. The lowest BCUT2D eigenvalue weighted by molar-refractivity contribution is -0.138. The highest BCUT2D eigenvalue weighted by Gasteiger charge is 2.16. The van der Waals surface area contributed by atoms with Crippen molar-refractivity contribution in [2.75, 3.05) is 5.32 Å². The summed E-state index contributed by atoms with van der Waals surface area (Å²) in [6.07, 6.45) is 0. The zero-order valence-electron chi connectivity index (χ0n) is 15.3. The van der Waals surface area contributed by atoms with Crippen molar-refractivity contribution in [1.29, 1.82) is 0 Å². The predicted octanol–water partition coefficient (Wildman–Crippen LogP) is 2.81. The fourth-order valence-corrected chi connectivity index (χ4v) is 3.62. The Morgan fingerprint density at radius 2 is 1.48 bits per heavy atom. The van der Waals surface area contributed by atoms with Gasteiger partial charge in [-0.05, 0) is 62.7 Å². The molecule has 3 N–H and O–H groups in total. The highest BCUT2D eigenvalue weighted by Crippen LogP contribution is 2.19. The van der Waals surface area contributed by atoms with Gasteiger partial charge in [-0.3, -0.25) is 9.59 Å². The van der Waals surface area contributed by atoms with Crippen LogP contribution in [-0.4, -0.2) is 31.4 Å². The Labute approximate surface area is 158 Å². The Morgan fingerprint density at radius 3 is 1.96 bits per heavy atom. The Kier molecular flexibility index (Phi) is 6.35. The van der Waals surface area contributed by atoms with Crippen LogP contribution in [0.15, 0.2) is 53.4 Å². The molecule has 2 aromatic carbocycles. The second-order valence-corrected chi connectivity index (χ2v) is 8.15. The lowest BCUT2D eigenvalue weighted by Crippen LogP contribution is -2.30. The van der Waals surface area contributed by atoms with E-state index in [-0.39, 0.29) is 10.9 Å². The van der Waals surface area contributed by atoms with Crippen molar-refractivity contribution in [2.45, 2.75) is 37.6 Å². The number of carboxylic acids is 1. The quantitative estimate of drug-likeness (QED) is 0.673. The summed E-state index contributed by atoms with van der Waals surface area (Å²) in [5.41, 5.74) is 1.45. The third-order valence-corrected chi connectivity index (χ3v) is 5.53. The van der Waals surface area contributed by atoms with Crippen molar-refractivity contribution in [3.63, 3.8) is 0 Å². The third-order valence-electron chi connectivity index (χ3n) is 3.86. The van der Waals surface area contributed by atoms with E-state index in [0.717, 1.165) is 0 Å². The predicted molar refractivity (Wildman–Crippen MR) is 102 cm³/mol. The van der Waals surface area contributed by atoms with Gasteiger partial charge in [-0.2, -0.15) is 0 Å². The zero-order valence-corrected chi connectivity index (χ0v) is 16.1. The summed E-state index contributed by atoms with van der Waals surface area (Å²) in [4.78, 5) is 23.4. The fourth-order valence-electron chi connectivity index (χ4n) is 2.36. The first-order chi connectivity index (χ1) is 12.6. The number of anilines is 1. The number of carbonyl (C=O) groups is 2. The number of carboxylic acid groups (broad SMARTS) is 1. The van der Waals surface area contributed by atoms with Gasteiger partial charge in [-0.15, -0.1) is 0 Å².